The number of hydrogen-bond donors (Lipinski definition) is 0. The molecule has 0 N–H and O–H groups in total. The third kappa shape index (κ3) is 2.54. The molecule has 1 aliphatic rings. The van der Waals surface area contributed by atoms with Crippen LogP contribution in [0.1, 0.15) is 32.8 Å². The predicted molar refractivity (Wildman–Crippen MR) is 68.8 cm³/mol. The normalized spacial score (nSPS) is 18.1. The van der Waals surface area contributed by atoms with Gasteiger partial charge in [-0.15, -0.1) is 0 Å². The van der Waals surface area contributed by atoms with E-state index in [-0.39, 0.29) is 11.4 Å². The standard InChI is InChI=1S/C14H18N2O/c1-11-10-14(2,3)16(15-11)13(17)9-12-7-5-4-6-8-12/h4-8H,9-10H2,1-3H3. The summed E-state index contributed by atoms with van der Waals surface area (Å²) in [4.78, 5) is 12.2. The molecule has 17 heavy (non-hydrogen) atoms. The van der Waals surface area contributed by atoms with Crippen LogP contribution in [0.5, 0.6) is 0 Å². The summed E-state index contributed by atoms with van der Waals surface area (Å²) in [5, 5.41) is 5.97. The zero-order valence-electron chi connectivity index (χ0n) is 10.6. The van der Waals surface area contributed by atoms with Crippen molar-refractivity contribution in [3.05, 3.63) is 35.9 Å². The molecule has 1 aromatic carbocycles. The van der Waals surface area contributed by atoms with Crippen LogP contribution >= 0.6 is 0 Å². The third-order valence-corrected chi connectivity index (χ3v) is 2.97. The quantitative estimate of drug-likeness (QED) is 0.768. The van der Waals surface area contributed by atoms with Crippen LogP contribution < -0.4 is 0 Å². The minimum Gasteiger partial charge on any atom is -0.273 e. The van der Waals surface area contributed by atoms with E-state index in [0.29, 0.717) is 6.42 Å². The maximum atomic E-state index is 12.2. The van der Waals surface area contributed by atoms with Gasteiger partial charge in [0.15, 0.2) is 0 Å². The Morgan fingerprint density at radius 1 is 1.35 bits per heavy atom. The molecule has 0 atom stereocenters. The highest BCUT2D eigenvalue weighted by molar-refractivity contribution is 5.89. The van der Waals surface area contributed by atoms with Gasteiger partial charge >= 0.3 is 0 Å². The van der Waals surface area contributed by atoms with Crippen LogP contribution in [0.4, 0.5) is 0 Å². The van der Waals surface area contributed by atoms with Crippen LogP contribution in [0.2, 0.25) is 0 Å². The molecule has 1 amide bonds. The van der Waals surface area contributed by atoms with Crippen molar-refractivity contribution >= 4 is 11.6 Å². The van der Waals surface area contributed by atoms with Crippen molar-refractivity contribution in [3.8, 4) is 0 Å². The lowest BCUT2D eigenvalue weighted by Gasteiger charge is -2.28. The Hall–Kier alpha value is -1.64. The van der Waals surface area contributed by atoms with Gasteiger partial charge in [-0.25, -0.2) is 5.01 Å². The van der Waals surface area contributed by atoms with Crippen molar-refractivity contribution in [2.24, 2.45) is 5.10 Å². The molecule has 1 heterocycles. The number of hydrogen-bond acceptors (Lipinski definition) is 2. The summed E-state index contributed by atoms with van der Waals surface area (Å²) in [6.07, 6.45) is 1.27. The SMILES string of the molecule is CC1=NN(C(=O)Cc2ccccc2)C(C)(C)C1. The molecule has 0 aliphatic carbocycles. The molecule has 0 saturated heterocycles. The molecule has 0 aromatic heterocycles. The third-order valence-electron chi connectivity index (χ3n) is 2.97. The molecule has 1 aromatic rings. The van der Waals surface area contributed by atoms with Crippen molar-refractivity contribution in [2.75, 3.05) is 0 Å². The first-order valence-electron chi connectivity index (χ1n) is 5.90. The van der Waals surface area contributed by atoms with E-state index in [4.69, 9.17) is 0 Å². The van der Waals surface area contributed by atoms with Gasteiger partial charge in [-0.2, -0.15) is 5.10 Å². The first-order valence-corrected chi connectivity index (χ1v) is 5.90. The Balaban J connectivity index is 2.11. The van der Waals surface area contributed by atoms with E-state index in [1.807, 2.05) is 37.3 Å². The highest BCUT2D eigenvalue weighted by atomic mass is 16.2. The fourth-order valence-corrected chi connectivity index (χ4v) is 2.28. The van der Waals surface area contributed by atoms with Gasteiger partial charge in [0.2, 0.25) is 5.91 Å². The van der Waals surface area contributed by atoms with Crippen molar-refractivity contribution in [1.29, 1.82) is 0 Å². The second-order valence-electron chi connectivity index (χ2n) is 5.19. The van der Waals surface area contributed by atoms with Crippen LogP contribution in [0.15, 0.2) is 35.4 Å². The van der Waals surface area contributed by atoms with Gasteiger partial charge in [0.1, 0.15) is 0 Å². The largest absolute Gasteiger partial charge is 0.273 e. The molecule has 1 aliphatic heterocycles. The molecular weight excluding hydrogens is 212 g/mol. The Morgan fingerprint density at radius 2 is 2.00 bits per heavy atom. The molecule has 90 valence electrons. The molecule has 0 radical (unpaired) electrons. The first kappa shape index (κ1) is 11.8. The first-order chi connectivity index (χ1) is 7.99. The van der Waals surface area contributed by atoms with Crippen molar-refractivity contribution in [1.82, 2.24) is 5.01 Å². The smallest absolute Gasteiger partial charge is 0.247 e. The summed E-state index contributed by atoms with van der Waals surface area (Å²) >= 11 is 0. The molecule has 0 fully saturated rings. The lowest BCUT2D eigenvalue weighted by atomic mass is 9.98. The number of carbonyl (C=O) groups is 1. The maximum Gasteiger partial charge on any atom is 0.247 e. The topological polar surface area (TPSA) is 32.7 Å². The lowest BCUT2D eigenvalue weighted by molar-refractivity contribution is -0.134. The Morgan fingerprint density at radius 3 is 2.53 bits per heavy atom. The van der Waals surface area contributed by atoms with Crippen LogP contribution in [-0.4, -0.2) is 22.2 Å². The van der Waals surface area contributed by atoms with Crippen molar-refractivity contribution in [2.45, 2.75) is 39.2 Å². The second kappa shape index (κ2) is 4.32. The Labute approximate surface area is 102 Å². The summed E-state index contributed by atoms with van der Waals surface area (Å²) in [6.45, 7) is 6.07. The highest BCUT2D eigenvalue weighted by Crippen LogP contribution is 2.27. The van der Waals surface area contributed by atoms with Crippen LogP contribution in [0.3, 0.4) is 0 Å². The number of nitrogens with zero attached hydrogens (tertiary/aromatic N) is 2. The molecular formula is C14H18N2O. The zero-order chi connectivity index (χ0) is 12.5. The van der Waals surface area contributed by atoms with Gasteiger partial charge in [0, 0.05) is 12.1 Å². The summed E-state index contributed by atoms with van der Waals surface area (Å²) in [5.74, 6) is 0.0676. The van der Waals surface area contributed by atoms with Crippen LogP contribution in [0.25, 0.3) is 0 Å². The molecule has 0 spiro atoms. The fraction of sp³-hybridized carbons (Fsp3) is 0.429. The number of hydrazone groups is 1. The average molecular weight is 230 g/mol. The van der Waals surface area contributed by atoms with E-state index in [0.717, 1.165) is 17.7 Å². The van der Waals surface area contributed by atoms with Gasteiger partial charge in [-0.3, -0.25) is 4.79 Å². The molecule has 3 nitrogen and oxygen atoms in total. The van der Waals surface area contributed by atoms with Crippen LogP contribution in [-0.2, 0) is 11.2 Å². The van der Waals surface area contributed by atoms with E-state index < -0.39 is 0 Å². The van der Waals surface area contributed by atoms with Gasteiger partial charge in [-0.1, -0.05) is 30.3 Å². The average Bonchev–Trinajstić information content (AvgIpc) is 2.53. The van der Waals surface area contributed by atoms with Crippen molar-refractivity contribution in [3.63, 3.8) is 0 Å². The Bertz CT molecular complexity index is 449. The molecule has 3 heteroatoms. The minimum atomic E-state index is -0.185. The van der Waals surface area contributed by atoms with E-state index in [9.17, 15) is 4.79 Å². The van der Waals surface area contributed by atoms with Gasteiger partial charge < -0.3 is 0 Å². The molecule has 0 saturated carbocycles. The second-order valence-corrected chi connectivity index (χ2v) is 5.19. The van der Waals surface area contributed by atoms with Gasteiger partial charge in [0.25, 0.3) is 0 Å². The number of benzene rings is 1. The monoisotopic (exact) mass is 230 g/mol. The zero-order valence-corrected chi connectivity index (χ0v) is 10.6. The summed E-state index contributed by atoms with van der Waals surface area (Å²) in [6, 6.07) is 9.80. The highest BCUT2D eigenvalue weighted by Gasteiger charge is 2.36. The Kier molecular flexibility index (Phi) is 3.01. The lowest BCUT2D eigenvalue weighted by Crippen LogP contribution is -2.41. The van der Waals surface area contributed by atoms with Gasteiger partial charge in [-0.05, 0) is 26.3 Å². The minimum absolute atomic E-state index is 0.0676. The van der Waals surface area contributed by atoms with E-state index in [2.05, 4.69) is 18.9 Å². The van der Waals surface area contributed by atoms with E-state index in [1.165, 1.54) is 0 Å². The number of rotatable bonds is 2. The van der Waals surface area contributed by atoms with Crippen LogP contribution in [0, 0.1) is 0 Å². The number of amides is 1. The fourth-order valence-electron chi connectivity index (χ4n) is 2.28. The van der Waals surface area contributed by atoms with Gasteiger partial charge in [0.05, 0.1) is 12.0 Å². The summed E-state index contributed by atoms with van der Waals surface area (Å²) < 4.78 is 0. The van der Waals surface area contributed by atoms with E-state index in [1.54, 1.807) is 5.01 Å². The maximum absolute atomic E-state index is 12.2. The molecule has 0 unspecified atom stereocenters. The summed E-state index contributed by atoms with van der Waals surface area (Å²) in [5.41, 5.74) is 1.88. The van der Waals surface area contributed by atoms with Crippen molar-refractivity contribution < 1.29 is 4.79 Å². The predicted octanol–water partition coefficient (Wildman–Crippen LogP) is 2.62. The van der Waals surface area contributed by atoms with E-state index >= 15 is 0 Å². The molecule has 0 bridgehead atoms. The number of carbonyl (C=O) groups excluding carboxylic acids is 1. The molecule has 2 rings (SSSR count). The summed E-state index contributed by atoms with van der Waals surface area (Å²) in [7, 11) is 0.